The zero-order valence-corrected chi connectivity index (χ0v) is 12.6. The van der Waals surface area contributed by atoms with E-state index in [2.05, 4.69) is 5.32 Å². The number of halogens is 1. The second kappa shape index (κ2) is 9.57. The van der Waals surface area contributed by atoms with Crippen molar-refractivity contribution in [3.8, 4) is 0 Å². The predicted molar refractivity (Wildman–Crippen MR) is 84.3 cm³/mol. The largest absolute Gasteiger partial charge is 0.399 e. The number of aliphatic hydroxyl groups excluding tert-OH is 2. The summed E-state index contributed by atoms with van der Waals surface area (Å²) in [4.78, 5) is 13.7. The Hall–Kier alpha value is -1.34. The van der Waals surface area contributed by atoms with Gasteiger partial charge in [-0.1, -0.05) is 11.6 Å². The van der Waals surface area contributed by atoms with Crippen LogP contribution in [0.25, 0.3) is 0 Å². The molecule has 0 aliphatic rings. The molecule has 118 valence electrons. The first-order valence-electron chi connectivity index (χ1n) is 6.85. The van der Waals surface area contributed by atoms with E-state index in [0.29, 0.717) is 48.9 Å². The van der Waals surface area contributed by atoms with Crippen LogP contribution in [0.3, 0.4) is 0 Å². The van der Waals surface area contributed by atoms with Crippen LogP contribution in [0.5, 0.6) is 0 Å². The second-order valence-corrected chi connectivity index (χ2v) is 5.09. The van der Waals surface area contributed by atoms with Gasteiger partial charge >= 0.3 is 0 Å². The van der Waals surface area contributed by atoms with Crippen LogP contribution in [0.15, 0.2) is 18.2 Å². The van der Waals surface area contributed by atoms with Gasteiger partial charge in [0.2, 0.25) is 5.91 Å². The number of benzene rings is 1. The third-order valence-corrected chi connectivity index (χ3v) is 3.29. The van der Waals surface area contributed by atoms with Crippen molar-refractivity contribution in [1.82, 2.24) is 4.90 Å². The summed E-state index contributed by atoms with van der Waals surface area (Å²) in [5.41, 5.74) is 6.67. The molecule has 0 atom stereocenters. The average Bonchev–Trinajstić information content (AvgIpc) is 2.42. The standard InChI is InChI=1S/C14H22ClN3O3/c15-12-10-11(16)3-4-13(12)17-14(21)2-1-5-18(6-8-19)7-9-20/h3-4,10,19-20H,1-2,5-9,16H2,(H,17,21). The van der Waals surface area contributed by atoms with Gasteiger partial charge < -0.3 is 21.3 Å². The minimum atomic E-state index is -0.130. The number of nitrogens with two attached hydrogens (primary N) is 1. The molecule has 0 heterocycles. The Labute approximate surface area is 129 Å². The van der Waals surface area contributed by atoms with Gasteiger partial charge in [0.05, 0.1) is 23.9 Å². The lowest BCUT2D eigenvalue weighted by Gasteiger charge is -2.19. The Morgan fingerprint density at radius 1 is 1.24 bits per heavy atom. The Morgan fingerprint density at radius 3 is 2.48 bits per heavy atom. The Kier molecular flexibility index (Phi) is 8.07. The average molecular weight is 316 g/mol. The van der Waals surface area contributed by atoms with E-state index in [1.54, 1.807) is 18.2 Å². The maximum atomic E-state index is 11.8. The summed E-state index contributed by atoms with van der Waals surface area (Å²) in [6, 6.07) is 4.92. The molecule has 0 spiro atoms. The first kappa shape index (κ1) is 17.7. The third-order valence-electron chi connectivity index (χ3n) is 2.98. The van der Waals surface area contributed by atoms with Crippen molar-refractivity contribution in [3.05, 3.63) is 23.2 Å². The van der Waals surface area contributed by atoms with Crippen molar-refractivity contribution in [3.63, 3.8) is 0 Å². The summed E-state index contributed by atoms with van der Waals surface area (Å²) in [7, 11) is 0. The summed E-state index contributed by atoms with van der Waals surface area (Å²) in [6.07, 6.45) is 0.979. The molecule has 1 aromatic rings. The van der Waals surface area contributed by atoms with Gasteiger partial charge in [-0.3, -0.25) is 9.69 Å². The number of nitrogens with zero attached hydrogens (tertiary/aromatic N) is 1. The van der Waals surface area contributed by atoms with Crippen molar-refractivity contribution in [2.24, 2.45) is 0 Å². The lowest BCUT2D eigenvalue weighted by atomic mass is 10.2. The summed E-state index contributed by atoms with van der Waals surface area (Å²) >= 11 is 5.98. The number of hydrogen-bond acceptors (Lipinski definition) is 5. The molecular weight excluding hydrogens is 294 g/mol. The highest BCUT2D eigenvalue weighted by atomic mass is 35.5. The summed E-state index contributed by atoms with van der Waals surface area (Å²) < 4.78 is 0. The van der Waals surface area contributed by atoms with Crippen LogP contribution >= 0.6 is 11.6 Å². The maximum absolute atomic E-state index is 11.8. The molecule has 5 N–H and O–H groups in total. The second-order valence-electron chi connectivity index (χ2n) is 4.68. The minimum Gasteiger partial charge on any atom is -0.399 e. The topological polar surface area (TPSA) is 98.8 Å². The van der Waals surface area contributed by atoms with E-state index in [0.717, 1.165) is 0 Å². The first-order chi connectivity index (χ1) is 10.1. The van der Waals surface area contributed by atoms with Gasteiger partial charge in [-0.15, -0.1) is 0 Å². The van der Waals surface area contributed by atoms with Crippen molar-refractivity contribution >= 4 is 28.9 Å². The number of nitrogens with one attached hydrogen (secondary N) is 1. The number of rotatable bonds is 9. The zero-order chi connectivity index (χ0) is 15.7. The van der Waals surface area contributed by atoms with Gasteiger partial charge in [0, 0.05) is 25.2 Å². The highest BCUT2D eigenvalue weighted by Crippen LogP contribution is 2.24. The van der Waals surface area contributed by atoms with Crippen LogP contribution < -0.4 is 11.1 Å². The molecule has 0 saturated heterocycles. The van der Waals surface area contributed by atoms with Gasteiger partial charge in [-0.25, -0.2) is 0 Å². The fourth-order valence-corrected chi connectivity index (χ4v) is 2.16. The van der Waals surface area contributed by atoms with Gasteiger partial charge in [-0.2, -0.15) is 0 Å². The summed E-state index contributed by atoms with van der Waals surface area (Å²) in [6.45, 7) is 1.70. The maximum Gasteiger partial charge on any atom is 0.224 e. The molecule has 7 heteroatoms. The van der Waals surface area contributed by atoms with Crippen LogP contribution in [-0.2, 0) is 4.79 Å². The van der Waals surface area contributed by atoms with E-state index in [1.807, 2.05) is 4.90 Å². The van der Waals surface area contributed by atoms with E-state index in [4.69, 9.17) is 27.5 Å². The smallest absolute Gasteiger partial charge is 0.224 e. The number of carbonyl (C=O) groups is 1. The third kappa shape index (κ3) is 6.77. The Bertz CT molecular complexity index is 451. The number of aliphatic hydroxyl groups is 2. The molecule has 1 rings (SSSR count). The number of hydrogen-bond donors (Lipinski definition) is 4. The number of amides is 1. The monoisotopic (exact) mass is 315 g/mol. The fourth-order valence-electron chi connectivity index (χ4n) is 1.93. The molecule has 0 radical (unpaired) electrons. The SMILES string of the molecule is Nc1ccc(NC(=O)CCCN(CCO)CCO)c(Cl)c1. The predicted octanol–water partition coefficient (Wildman–Crippen LogP) is 0.927. The molecule has 0 aromatic heterocycles. The number of anilines is 2. The molecule has 0 saturated carbocycles. The van der Waals surface area contributed by atoms with E-state index in [9.17, 15) is 4.79 Å². The van der Waals surface area contributed by atoms with E-state index in [-0.39, 0.29) is 19.1 Å². The van der Waals surface area contributed by atoms with Crippen LogP contribution in [0, 0.1) is 0 Å². The van der Waals surface area contributed by atoms with Crippen molar-refractivity contribution < 1.29 is 15.0 Å². The molecule has 21 heavy (non-hydrogen) atoms. The Balaban J connectivity index is 2.36. The van der Waals surface area contributed by atoms with Crippen molar-refractivity contribution in [2.45, 2.75) is 12.8 Å². The first-order valence-corrected chi connectivity index (χ1v) is 7.23. The molecule has 1 amide bonds. The van der Waals surface area contributed by atoms with Crippen molar-refractivity contribution in [2.75, 3.05) is 43.9 Å². The summed E-state index contributed by atoms with van der Waals surface area (Å²) in [5.74, 6) is -0.130. The fraction of sp³-hybridized carbons (Fsp3) is 0.500. The molecule has 0 unspecified atom stereocenters. The highest BCUT2D eigenvalue weighted by Gasteiger charge is 2.08. The van der Waals surface area contributed by atoms with E-state index >= 15 is 0 Å². The molecule has 1 aromatic carbocycles. The molecule has 0 aliphatic carbocycles. The van der Waals surface area contributed by atoms with Crippen LogP contribution in [0.2, 0.25) is 5.02 Å². The molecule has 6 nitrogen and oxygen atoms in total. The molecular formula is C14H22ClN3O3. The van der Waals surface area contributed by atoms with E-state index in [1.165, 1.54) is 0 Å². The van der Waals surface area contributed by atoms with Crippen molar-refractivity contribution in [1.29, 1.82) is 0 Å². The molecule has 0 aliphatic heterocycles. The number of nitrogen functional groups attached to an aromatic ring is 1. The van der Waals surface area contributed by atoms with Gasteiger partial charge in [0.1, 0.15) is 0 Å². The van der Waals surface area contributed by atoms with Crippen LogP contribution in [0.1, 0.15) is 12.8 Å². The zero-order valence-electron chi connectivity index (χ0n) is 11.9. The quantitative estimate of drug-likeness (QED) is 0.508. The normalized spacial score (nSPS) is 10.9. The molecule has 0 bridgehead atoms. The number of carbonyl (C=O) groups excluding carboxylic acids is 1. The van der Waals surface area contributed by atoms with Crippen LogP contribution in [0.4, 0.5) is 11.4 Å². The Morgan fingerprint density at radius 2 is 1.90 bits per heavy atom. The lowest BCUT2D eigenvalue weighted by Crippen LogP contribution is -2.31. The van der Waals surface area contributed by atoms with E-state index < -0.39 is 0 Å². The van der Waals surface area contributed by atoms with Crippen LogP contribution in [-0.4, -0.2) is 53.9 Å². The summed E-state index contributed by atoms with van der Waals surface area (Å²) in [5, 5.41) is 20.9. The highest BCUT2D eigenvalue weighted by molar-refractivity contribution is 6.34. The molecule has 0 fully saturated rings. The van der Waals surface area contributed by atoms with Gasteiger partial charge in [0.25, 0.3) is 0 Å². The minimum absolute atomic E-state index is 0.0350. The lowest BCUT2D eigenvalue weighted by molar-refractivity contribution is -0.116. The van der Waals surface area contributed by atoms with Gasteiger partial charge in [0.15, 0.2) is 0 Å². The van der Waals surface area contributed by atoms with Gasteiger partial charge in [-0.05, 0) is 31.2 Å².